The quantitative estimate of drug-likeness (QED) is 0.801. The second-order valence-corrected chi connectivity index (χ2v) is 3.87. The average Bonchev–Trinajstić information content (AvgIpc) is 2.38. The van der Waals surface area contributed by atoms with Gasteiger partial charge < -0.3 is 10.4 Å². The van der Waals surface area contributed by atoms with Gasteiger partial charge in [0.1, 0.15) is 6.04 Å². The summed E-state index contributed by atoms with van der Waals surface area (Å²) in [5, 5.41) is 20.0. The Hall–Kier alpha value is -2.42. The number of rotatable bonds is 5. The zero-order chi connectivity index (χ0) is 13.5. The highest BCUT2D eigenvalue weighted by Crippen LogP contribution is 2.06. The minimum Gasteiger partial charge on any atom is -0.480 e. The molecule has 0 radical (unpaired) electrons. The van der Waals surface area contributed by atoms with Crippen molar-refractivity contribution in [3.05, 3.63) is 30.1 Å². The lowest BCUT2D eigenvalue weighted by atomic mass is 10.0. The summed E-state index contributed by atoms with van der Waals surface area (Å²) in [7, 11) is 0. The van der Waals surface area contributed by atoms with Crippen LogP contribution in [0.15, 0.2) is 24.5 Å². The van der Waals surface area contributed by atoms with Crippen LogP contribution in [0.1, 0.15) is 23.7 Å². The normalized spacial score (nSPS) is 13.1. The van der Waals surface area contributed by atoms with Crippen LogP contribution >= 0.6 is 0 Å². The van der Waals surface area contributed by atoms with E-state index >= 15 is 0 Å². The Morgan fingerprint density at radius 3 is 2.83 bits per heavy atom. The zero-order valence-electron chi connectivity index (χ0n) is 9.83. The Bertz CT molecular complexity index is 467. The molecule has 6 heteroatoms. The van der Waals surface area contributed by atoms with Crippen LogP contribution in [0.2, 0.25) is 0 Å². The number of aromatic nitrogens is 1. The van der Waals surface area contributed by atoms with Crippen molar-refractivity contribution in [1.29, 1.82) is 5.26 Å². The van der Waals surface area contributed by atoms with Crippen LogP contribution in [0.5, 0.6) is 0 Å². The maximum absolute atomic E-state index is 11.7. The van der Waals surface area contributed by atoms with Gasteiger partial charge in [0.15, 0.2) is 0 Å². The second kappa shape index (κ2) is 6.35. The Morgan fingerprint density at radius 2 is 2.33 bits per heavy atom. The third-order valence-electron chi connectivity index (χ3n) is 2.34. The number of hydrogen-bond acceptors (Lipinski definition) is 4. The predicted molar refractivity (Wildman–Crippen MR) is 62.5 cm³/mol. The van der Waals surface area contributed by atoms with Crippen molar-refractivity contribution in [2.45, 2.75) is 19.4 Å². The van der Waals surface area contributed by atoms with E-state index in [1.54, 1.807) is 13.0 Å². The molecular weight excluding hydrogens is 234 g/mol. The van der Waals surface area contributed by atoms with Crippen molar-refractivity contribution in [3.63, 3.8) is 0 Å². The number of carboxylic acid groups (broad SMARTS) is 1. The first-order valence-electron chi connectivity index (χ1n) is 5.38. The third kappa shape index (κ3) is 3.87. The van der Waals surface area contributed by atoms with Gasteiger partial charge >= 0.3 is 5.97 Å². The van der Waals surface area contributed by atoms with Crippen molar-refractivity contribution in [2.24, 2.45) is 5.92 Å². The van der Waals surface area contributed by atoms with Gasteiger partial charge in [-0.05, 0) is 25.5 Å². The largest absolute Gasteiger partial charge is 0.480 e. The Labute approximate surface area is 104 Å². The van der Waals surface area contributed by atoms with Crippen LogP contribution in [0.25, 0.3) is 0 Å². The number of hydrogen-bond donors (Lipinski definition) is 2. The van der Waals surface area contributed by atoms with Gasteiger partial charge in [0.25, 0.3) is 5.91 Å². The summed E-state index contributed by atoms with van der Waals surface area (Å²) in [5.41, 5.74) is 0.286. The van der Waals surface area contributed by atoms with Gasteiger partial charge in [0.05, 0.1) is 11.6 Å². The molecule has 2 atom stereocenters. The molecule has 0 aliphatic carbocycles. The number of nitrogens with zero attached hydrogens (tertiary/aromatic N) is 2. The van der Waals surface area contributed by atoms with Crippen molar-refractivity contribution in [2.75, 3.05) is 0 Å². The maximum atomic E-state index is 11.7. The Morgan fingerprint density at radius 1 is 1.61 bits per heavy atom. The number of amides is 1. The molecule has 0 spiro atoms. The summed E-state index contributed by atoms with van der Waals surface area (Å²) in [4.78, 5) is 26.5. The van der Waals surface area contributed by atoms with E-state index in [0.29, 0.717) is 0 Å². The van der Waals surface area contributed by atoms with E-state index in [1.807, 2.05) is 6.07 Å². The second-order valence-electron chi connectivity index (χ2n) is 3.87. The van der Waals surface area contributed by atoms with Crippen molar-refractivity contribution < 1.29 is 14.7 Å². The lowest BCUT2D eigenvalue weighted by Crippen LogP contribution is -2.41. The highest BCUT2D eigenvalue weighted by molar-refractivity contribution is 5.96. The third-order valence-corrected chi connectivity index (χ3v) is 2.34. The molecule has 0 aliphatic heterocycles. The van der Waals surface area contributed by atoms with E-state index < -0.39 is 23.8 Å². The molecule has 94 valence electrons. The van der Waals surface area contributed by atoms with Crippen LogP contribution in [-0.2, 0) is 4.79 Å². The molecule has 0 saturated heterocycles. The number of nitriles is 1. The van der Waals surface area contributed by atoms with Gasteiger partial charge in [-0.1, -0.05) is 0 Å². The molecule has 2 N–H and O–H groups in total. The van der Waals surface area contributed by atoms with Gasteiger partial charge in [-0.3, -0.25) is 9.78 Å². The van der Waals surface area contributed by atoms with E-state index in [1.165, 1.54) is 18.5 Å². The molecular formula is C12H13N3O3. The molecule has 1 amide bonds. The number of aliphatic carboxylic acids is 1. The molecule has 1 aromatic heterocycles. The first-order chi connectivity index (χ1) is 8.54. The van der Waals surface area contributed by atoms with Crippen molar-refractivity contribution in [3.8, 4) is 6.07 Å². The van der Waals surface area contributed by atoms with E-state index in [4.69, 9.17) is 10.4 Å². The van der Waals surface area contributed by atoms with Gasteiger partial charge in [-0.2, -0.15) is 5.26 Å². The Kier molecular flexibility index (Phi) is 4.81. The van der Waals surface area contributed by atoms with Gasteiger partial charge in [0.2, 0.25) is 0 Å². The molecule has 18 heavy (non-hydrogen) atoms. The maximum Gasteiger partial charge on any atom is 0.326 e. The topological polar surface area (TPSA) is 103 Å². The fourth-order valence-corrected chi connectivity index (χ4v) is 1.37. The summed E-state index contributed by atoms with van der Waals surface area (Å²) in [6, 6.07) is 3.98. The number of carboxylic acids is 1. The van der Waals surface area contributed by atoms with Gasteiger partial charge in [0, 0.05) is 18.3 Å². The summed E-state index contributed by atoms with van der Waals surface area (Å²) in [6.07, 6.45) is 2.93. The van der Waals surface area contributed by atoms with Crippen LogP contribution in [0.4, 0.5) is 0 Å². The molecule has 1 aromatic rings. The SMILES string of the molecule is C[C@H](C#N)C[C@@H](NC(=O)c1cccnc1)C(=O)O. The van der Waals surface area contributed by atoms with E-state index in [-0.39, 0.29) is 12.0 Å². The molecule has 1 heterocycles. The summed E-state index contributed by atoms with van der Waals surface area (Å²) in [6.45, 7) is 1.60. The highest BCUT2D eigenvalue weighted by Gasteiger charge is 2.22. The summed E-state index contributed by atoms with van der Waals surface area (Å²) in [5.74, 6) is -2.12. The monoisotopic (exact) mass is 247 g/mol. The average molecular weight is 247 g/mol. The number of carbonyl (C=O) groups excluding carboxylic acids is 1. The fraction of sp³-hybridized carbons (Fsp3) is 0.333. The molecule has 0 aliphatic rings. The lowest BCUT2D eigenvalue weighted by molar-refractivity contribution is -0.139. The van der Waals surface area contributed by atoms with Crippen LogP contribution < -0.4 is 5.32 Å². The highest BCUT2D eigenvalue weighted by atomic mass is 16.4. The minimum atomic E-state index is -1.16. The molecule has 0 unspecified atom stereocenters. The lowest BCUT2D eigenvalue weighted by Gasteiger charge is -2.15. The summed E-state index contributed by atoms with van der Waals surface area (Å²) < 4.78 is 0. The fourth-order valence-electron chi connectivity index (χ4n) is 1.37. The van der Waals surface area contributed by atoms with Crippen molar-refractivity contribution in [1.82, 2.24) is 10.3 Å². The van der Waals surface area contributed by atoms with Crippen LogP contribution in [-0.4, -0.2) is 28.0 Å². The molecule has 0 aromatic carbocycles. The van der Waals surface area contributed by atoms with E-state index in [2.05, 4.69) is 10.3 Å². The van der Waals surface area contributed by atoms with E-state index in [9.17, 15) is 9.59 Å². The zero-order valence-corrected chi connectivity index (χ0v) is 9.83. The molecule has 0 fully saturated rings. The number of pyridine rings is 1. The van der Waals surface area contributed by atoms with Gasteiger partial charge in [-0.15, -0.1) is 0 Å². The van der Waals surface area contributed by atoms with Gasteiger partial charge in [-0.25, -0.2) is 4.79 Å². The molecule has 6 nitrogen and oxygen atoms in total. The summed E-state index contributed by atoms with van der Waals surface area (Å²) >= 11 is 0. The van der Waals surface area contributed by atoms with Crippen LogP contribution in [0.3, 0.4) is 0 Å². The predicted octanol–water partition coefficient (Wildman–Crippen LogP) is 0.814. The first kappa shape index (κ1) is 13.6. The first-order valence-corrected chi connectivity index (χ1v) is 5.38. The molecule has 0 saturated carbocycles. The number of carbonyl (C=O) groups is 2. The molecule has 1 rings (SSSR count). The smallest absolute Gasteiger partial charge is 0.326 e. The number of nitrogens with one attached hydrogen (secondary N) is 1. The van der Waals surface area contributed by atoms with E-state index in [0.717, 1.165) is 0 Å². The standard InChI is InChI=1S/C12H13N3O3/c1-8(6-13)5-10(12(17)18)15-11(16)9-3-2-4-14-7-9/h2-4,7-8,10H,5H2,1H3,(H,15,16)(H,17,18)/t8-,10+/m0/s1. The molecule has 0 bridgehead atoms. The minimum absolute atomic E-state index is 0.0673. The van der Waals surface area contributed by atoms with Crippen LogP contribution in [0, 0.1) is 17.2 Å². The Balaban J connectivity index is 2.71. The van der Waals surface area contributed by atoms with Crippen molar-refractivity contribution >= 4 is 11.9 Å².